The van der Waals surface area contributed by atoms with Crippen LogP contribution >= 0.6 is 24.8 Å². The number of methoxy groups -OCH3 is 2. The van der Waals surface area contributed by atoms with E-state index in [2.05, 4.69) is 47.5 Å². The highest BCUT2D eigenvalue weighted by atomic mass is 35.5. The number of hydrogen-bond donors (Lipinski definition) is 1. The van der Waals surface area contributed by atoms with Crippen LogP contribution in [0.25, 0.3) is 0 Å². The van der Waals surface area contributed by atoms with Gasteiger partial charge in [0.05, 0.1) is 14.2 Å². The molecule has 0 aliphatic heterocycles. The molecule has 35 heavy (non-hydrogen) atoms. The number of fused-ring (bicyclic) bond motifs is 1. The van der Waals surface area contributed by atoms with E-state index in [1.165, 1.54) is 74.7 Å². The van der Waals surface area contributed by atoms with Gasteiger partial charge >= 0.3 is 0 Å². The van der Waals surface area contributed by atoms with E-state index < -0.39 is 0 Å². The summed E-state index contributed by atoms with van der Waals surface area (Å²) in [6, 6.07) is 15.6. The van der Waals surface area contributed by atoms with Gasteiger partial charge in [-0.05, 0) is 106 Å². The zero-order valence-corrected chi connectivity index (χ0v) is 23.5. The Labute approximate surface area is 226 Å². The minimum atomic E-state index is 0. The Kier molecular flexibility index (Phi) is 16.1. The molecule has 0 radical (unpaired) electrons. The summed E-state index contributed by atoms with van der Waals surface area (Å²) in [6.45, 7) is 6.94. The van der Waals surface area contributed by atoms with Gasteiger partial charge in [-0.15, -0.1) is 24.8 Å². The van der Waals surface area contributed by atoms with Crippen molar-refractivity contribution in [1.29, 1.82) is 0 Å². The van der Waals surface area contributed by atoms with Crippen molar-refractivity contribution >= 4 is 24.8 Å². The summed E-state index contributed by atoms with van der Waals surface area (Å²) in [5.41, 5.74) is 4.29. The highest BCUT2D eigenvalue weighted by molar-refractivity contribution is 5.85. The zero-order valence-electron chi connectivity index (χ0n) is 21.9. The van der Waals surface area contributed by atoms with E-state index in [1.807, 2.05) is 12.1 Å². The predicted octanol–water partition coefficient (Wildman–Crippen LogP) is 6.51. The Hall–Kier alpha value is -1.46. The van der Waals surface area contributed by atoms with Crippen molar-refractivity contribution in [3.05, 3.63) is 59.2 Å². The standard InChI is InChI=1S/C29H44N2O2.2ClH/c1-4-21-31(26-14-17-28-25(23-26)10-9-11-29(28)33-3)22-8-6-5-7-19-30-20-18-24-12-15-27(32-2)16-13-24;;/h9-13,15-16,26,30H,4-8,14,17-23H2,1-3H3;2*1H. The van der Waals surface area contributed by atoms with E-state index in [-0.39, 0.29) is 24.8 Å². The third-order valence-electron chi connectivity index (χ3n) is 6.96. The van der Waals surface area contributed by atoms with E-state index in [4.69, 9.17) is 9.47 Å². The number of benzene rings is 2. The lowest BCUT2D eigenvalue weighted by Gasteiger charge is -2.35. The number of rotatable bonds is 15. The summed E-state index contributed by atoms with van der Waals surface area (Å²) in [7, 11) is 3.51. The fraction of sp³-hybridized carbons (Fsp3) is 0.586. The van der Waals surface area contributed by atoms with Crippen LogP contribution < -0.4 is 14.8 Å². The average molecular weight is 526 g/mol. The molecule has 2 aromatic rings. The van der Waals surface area contributed by atoms with Crippen molar-refractivity contribution in [3.8, 4) is 11.5 Å². The molecule has 1 N–H and O–H groups in total. The van der Waals surface area contributed by atoms with Gasteiger partial charge in [0.25, 0.3) is 0 Å². The normalized spacial score (nSPS) is 14.6. The molecule has 0 bridgehead atoms. The lowest BCUT2D eigenvalue weighted by molar-refractivity contribution is 0.175. The molecule has 198 valence electrons. The van der Waals surface area contributed by atoms with Crippen LogP contribution in [0, 0.1) is 0 Å². The first-order valence-electron chi connectivity index (χ1n) is 13.0. The number of nitrogens with zero attached hydrogens (tertiary/aromatic N) is 1. The Morgan fingerprint density at radius 3 is 2.37 bits per heavy atom. The Morgan fingerprint density at radius 1 is 0.886 bits per heavy atom. The number of nitrogens with one attached hydrogen (secondary N) is 1. The molecule has 0 aromatic heterocycles. The third kappa shape index (κ3) is 10.2. The number of ether oxygens (including phenoxy) is 2. The minimum Gasteiger partial charge on any atom is -0.497 e. The van der Waals surface area contributed by atoms with E-state index >= 15 is 0 Å². The summed E-state index contributed by atoms with van der Waals surface area (Å²) in [5, 5.41) is 3.60. The van der Waals surface area contributed by atoms with Crippen LogP contribution in [0.3, 0.4) is 0 Å². The SMILES string of the molecule is CCCN(CCCCCCNCCc1ccc(OC)cc1)C1CCc2c(cccc2OC)C1.Cl.Cl. The zero-order chi connectivity index (χ0) is 23.3. The highest BCUT2D eigenvalue weighted by Crippen LogP contribution is 2.31. The summed E-state index contributed by atoms with van der Waals surface area (Å²) >= 11 is 0. The third-order valence-corrected chi connectivity index (χ3v) is 6.96. The van der Waals surface area contributed by atoms with Crippen molar-refractivity contribution < 1.29 is 9.47 Å². The fourth-order valence-electron chi connectivity index (χ4n) is 5.09. The summed E-state index contributed by atoms with van der Waals surface area (Å²) in [4.78, 5) is 2.76. The molecule has 1 unspecified atom stereocenters. The molecule has 3 rings (SSSR count). The van der Waals surface area contributed by atoms with Crippen molar-refractivity contribution in [3.63, 3.8) is 0 Å². The maximum atomic E-state index is 5.59. The lowest BCUT2D eigenvalue weighted by atomic mass is 9.86. The van der Waals surface area contributed by atoms with Gasteiger partial charge in [-0.25, -0.2) is 0 Å². The van der Waals surface area contributed by atoms with E-state index in [0.717, 1.165) is 37.4 Å². The Morgan fingerprint density at radius 2 is 1.66 bits per heavy atom. The molecule has 0 heterocycles. The fourth-order valence-corrected chi connectivity index (χ4v) is 5.09. The van der Waals surface area contributed by atoms with Gasteiger partial charge in [0.15, 0.2) is 0 Å². The van der Waals surface area contributed by atoms with Crippen LogP contribution in [0.1, 0.15) is 62.1 Å². The quantitative estimate of drug-likeness (QED) is 0.269. The van der Waals surface area contributed by atoms with Gasteiger partial charge in [0, 0.05) is 6.04 Å². The molecule has 0 spiro atoms. The van der Waals surface area contributed by atoms with Crippen molar-refractivity contribution in [2.45, 2.75) is 70.8 Å². The van der Waals surface area contributed by atoms with Crippen molar-refractivity contribution in [2.24, 2.45) is 0 Å². The van der Waals surface area contributed by atoms with Crippen LogP contribution in [0.5, 0.6) is 11.5 Å². The second-order valence-electron chi connectivity index (χ2n) is 9.29. The molecule has 1 aliphatic rings. The first kappa shape index (κ1) is 31.6. The van der Waals surface area contributed by atoms with Crippen LogP contribution in [-0.4, -0.2) is 51.3 Å². The smallest absolute Gasteiger partial charge is 0.122 e. The summed E-state index contributed by atoms with van der Waals surface area (Å²) in [5.74, 6) is 2.00. The second kappa shape index (κ2) is 17.9. The molecule has 0 saturated heterocycles. The van der Waals surface area contributed by atoms with Gasteiger partial charge in [-0.2, -0.15) is 0 Å². The van der Waals surface area contributed by atoms with Crippen molar-refractivity contribution in [2.75, 3.05) is 40.4 Å². The van der Waals surface area contributed by atoms with Crippen LogP contribution in [-0.2, 0) is 19.3 Å². The second-order valence-corrected chi connectivity index (χ2v) is 9.29. The van der Waals surface area contributed by atoms with Gasteiger partial charge in [0.2, 0.25) is 0 Å². The van der Waals surface area contributed by atoms with Crippen LogP contribution in [0.2, 0.25) is 0 Å². The molecule has 4 nitrogen and oxygen atoms in total. The van der Waals surface area contributed by atoms with Crippen molar-refractivity contribution in [1.82, 2.24) is 10.2 Å². The van der Waals surface area contributed by atoms with Gasteiger partial charge in [0.1, 0.15) is 11.5 Å². The topological polar surface area (TPSA) is 33.7 Å². The number of hydrogen-bond acceptors (Lipinski definition) is 4. The van der Waals surface area contributed by atoms with Crippen LogP contribution in [0.4, 0.5) is 0 Å². The van der Waals surface area contributed by atoms with E-state index in [0.29, 0.717) is 6.04 Å². The summed E-state index contributed by atoms with van der Waals surface area (Å²) < 4.78 is 10.8. The Bertz CT molecular complexity index is 817. The molecule has 0 saturated carbocycles. The van der Waals surface area contributed by atoms with E-state index in [1.54, 1.807) is 14.2 Å². The summed E-state index contributed by atoms with van der Waals surface area (Å²) in [6.07, 6.45) is 11.1. The monoisotopic (exact) mass is 524 g/mol. The number of unbranched alkanes of at least 4 members (excludes halogenated alkanes) is 3. The maximum absolute atomic E-state index is 5.59. The molecular formula is C29H46Cl2N2O2. The van der Waals surface area contributed by atoms with Gasteiger partial charge in [-0.1, -0.05) is 44.0 Å². The molecule has 1 atom stereocenters. The van der Waals surface area contributed by atoms with Gasteiger partial charge in [-0.3, -0.25) is 0 Å². The highest BCUT2D eigenvalue weighted by Gasteiger charge is 2.25. The molecule has 6 heteroatoms. The molecule has 2 aromatic carbocycles. The molecule has 1 aliphatic carbocycles. The average Bonchev–Trinajstić information content (AvgIpc) is 2.86. The minimum absolute atomic E-state index is 0. The maximum Gasteiger partial charge on any atom is 0.122 e. The van der Waals surface area contributed by atoms with Gasteiger partial charge < -0.3 is 19.7 Å². The molecular weight excluding hydrogens is 479 g/mol. The van der Waals surface area contributed by atoms with E-state index in [9.17, 15) is 0 Å². The largest absolute Gasteiger partial charge is 0.497 e. The predicted molar refractivity (Wildman–Crippen MR) is 153 cm³/mol. The Balaban J connectivity index is 0.00000306. The lowest BCUT2D eigenvalue weighted by Crippen LogP contribution is -2.40. The molecule has 0 amide bonds. The first-order valence-corrected chi connectivity index (χ1v) is 13.0. The number of halogens is 2. The first-order chi connectivity index (χ1) is 16.2. The van der Waals surface area contributed by atoms with Crippen LogP contribution in [0.15, 0.2) is 42.5 Å². The molecule has 0 fully saturated rings.